The highest BCUT2D eigenvalue weighted by Gasteiger charge is 2.08. The molecule has 1 aromatic carbocycles. The van der Waals surface area contributed by atoms with Crippen molar-refractivity contribution in [1.82, 2.24) is 0 Å². The second kappa shape index (κ2) is 7.56. The quantitative estimate of drug-likeness (QED) is 0.367. The van der Waals surface area contributed by atoms with E-state index in [9.17, 15) is 4.79 Å². The van der Waals surface area contributed by atoms with Crippen molar-refractivity contribution in [1.29, 1.82) is 5.26 Å². The number of hydrogen-bond donors (Lipinski definition) is 1. The highest BCUT2D eigenvalue weighted by Crippen LogP contribution is 2.23. The summed E-state index contributed by atoms with van der Waals surface area (Å²) in [5, 5.41) is 11.7. The van der Waals surface area contributed by atoms with E-state index in [0.717, 1.165) is 0 Å². The summed E-state index contributed by atoms with van der Waals surface area (Å²) in [7, 11) is 1.22. The Hall–Kier alpha value is -2.74. The van der Waals surface area contributed by atoms with Crippen molar-refractivity contribution in [2.75, 3.05) is 19.0 Å². The van der Waals surface area contributed by atoms with E-state index in [1.165, 1.54) is 13.3 Å². The average Bonchev–Trinajstić information content (AvgIpc) is 2.46. The molecule has 0 radical (unpaired) electrons. The molecule has 0 spiro atoms. The molecule has 0 aliphatic carbocycles. The van der Waals surface area contributed by atoms with Crippen LogP contribution in [-0.4, -0.2) is 19.7 Å². The maximum absolute atomic E-state index is 11.2. The third-order valence-electron chi connectivity index (χ3n) is 2.14. The van der Waals surface area contributed by atoms with E-state index in [4.69, 9.17) is 10.00 Å². The van der Waals surface area contributed by atoms with Gasteiger partial charge in [0, 0.05) is 6.20 Å². The number of ether oxygens (including phenoxy) is 2. The molecule has 0 saturated heterocycles. The molecule has 0 fully saturated rings. The van der Waals surface area contributed by atoms with Crippen LogP contribution in [0.5, 0.6) is 5.75 Å². The summed E-state index contributed by atoms with van der Waals surface area (Å²) in [5.41, 5.74) is 0.516. The van der Waals surface area contributed by atoms with Gasteiger partial charge in [-0.3, -0.25) is 0 Å². The topological polar surface area (TPSA) is 71.3 Å². The summed E-state index contributed by atoms with van der Waals surface area (Å²) in [6.07, 6.45) is 2.91. The number of hydrogen-bond acceptors (Lipinski definition) is 5. The number of anilines is 1. The maximum Gasteiger partial charge on any atom is 0.350 e. The van der Waals surface area contributed by atoms with Gasteiger partial charge >= 0.3 is 5.97 Å². The molecule has 0 aliphatic heterocycles. The third-order valence-corrected chi connectivity index (χ3v) is 2.14. The van der Waals surface area contributed by atoms with Crippen LogP contribution in [0.1, 0.15) is 0 Å². The van der Waals surface area contributed by atoms with Gasteiger partial charge in [0.1, 0.15) is 18.4 Å². The van der Waals surface area contributed by atoms with Crippen molar-refractivity contribution in [2.45, 2.75) is 0 Å². The van der Waals surface area contributed by atoms with Crippen LogP contribution in [0.15, 0.2) is 48.7 Å². The average molecular weight is 258 g/mol. The van der Waals surface area contributed by atoms with E-state index in [0.29, 0.717) is 18.0 Å². The molecule has 19 heavy (non-hydrogen) atoms. The molecule has 0 aliphatic rings. The molecule has 0 atom stereocenters. The van der Waals surface area contributed by atoms with Crippen LogP contribution in [-0.2, 0) is 9.53 Å². The van der Waals surface area contributed by atoms with Crippen LogP contribution in [0.4, 0.5) is 5.69 Å². The number of nitrogens with zero attached hydrogens (tertiary/aromatic N) is 1. The van der Waals surface area contributed by atoms with Crippen molar-refractivity contribution >= 4 is 11.7 Å². The van der Waals surface area contributed by atoms with Crippen LogP contribution in [0.2, 0.25) is 0 Å². The Morgan fingerprint density at radius 1 is 1.53 bits per heavy atom. The fraction of sp³-hybridized carbons (Fsp3) is 0.143. The van der Waals surface area contributed by atoms with E-state index >= 15 is 0 Å². The van der Waals surface area contributed by atoms with Crippen molar-refractivity contribution in [3.63, 3.8) is 0 Å². The Morgan fingerprint density at radius 3 is 2.89 bits per heavy atom. The Balaban J connectivity index is 2.87. The number of carbonyl (C=O) groups is 1. The minimum atomic E-state index is -0.695. The minimum absolute atomic E-state index is 0.124. The highest BCUT2D eigenvalue weighted by atomic mass is 16.5. The van der Waals surface area contributed by atoms with Gasteiger partial charge in [-0.1, -0.05) is 24.8 Å². The van der Waals surface area contributed by atoms with Gasteiger partial charge < -0.3 is 14.8 Å². The largest absolute Gasteiger partial charge is 0.487 e. The Bertz CT molecular complexity index is 530. The minimum Gasteiger partial charge on any atom is -0.487 e. The van der Waals surface area contributed by atoms with E-state index in [-0.39, 0.29) is 5.57 Å². The third kappa shape index (κ3) is 4.21. The van der Waals surface area contributed by atoms with Crippen LogP contribution in [0.25, 0.3) is 0 Å². The Morgan fingerprint density at radius 2 is 2.26 bits per heavy atom. The predicted octanol–water partition coefficient (Wildman–Crippen LogP) is 2.24. The molecule has 0 bridgehead atoms. The standard InChI is InChI=1S/C14H14N2O3/c1-3-8-19-13-7-5-4-6-12(13)16-10-11(9-15)14(17)18-2/h3-7,10,16H,1,8H2,2H3/b11-10+. The number of rotatable bonds is 6. The highest BCUT2D eigenvalue weighted by molar-refractivity contribution is 5.93. The number of benzene rings is 1. The maximum atomic E-state index is 11.2. The van der Waals surface area contributed by atoms with E-state index < -0.39 is 5.97 Å². The molecule has 5 nitrogen and oxygen atoms in total. The molecule has 1 N–H and O–H groups in total. The fourth-order valence-electron chi connectivity index (χ4n) is 1.26. The zero-order valence-corrected chi connectivity index (χ0v) is 10.6. The number of methoxy groups -OCH3 is 1. The second-order valence-corrected chi connectivity index (χ2v) is 3.40. The van der Waals surface area contributed by atoms with Gasteiger partial charge in [-0.15, -0.1) is 0 Å². The fourth-order valence-corrected chi connectivity index (χ4v) is 1.26. The van der Waals surface area contributed by atoms with Gasteiger partial charge in [-0.2, -0.15) is 5.26 Å². The number of carbonyl (C=O) groups excluding carboxylic acids is 1. The lowest BCUT2D eigenvalue weighted by atomic mass is 10.2. The lowest BCUT2D eigenvalue weighted by molar-refractivity contribution is -0.135. The first-order valence-corrected chi connectivity index (χ1v) is 5.50. The molecule has 5 heteroatoms. The number of nitrogens with one attached hydrogen (secondary N) is 1. The summed E-state index contributed by atoms with van der Waals surface area (Å²) in [5.74, 6) is -0.0969. The summed E-state index contributed by atoms with van der Waals surface area (Å²) >= 11 is 0. The van der Waals surface area contributed by atoms with E-state index in [1.807, 2.05) is 6.07 Å². The van der Waals surface area contributed by atoms with Crippen molar-refractivity contribution in [2.24, 2.45) is 0 Å². The van der Waals surface area contributed by atoms with Gasteiger partial charge in [0.2, 0.25) is 0 Å². The predicted molar refractivity (Wildman–Crippen MR) is 71.5 cm³/mol. The molecule has 98 valence electrons. The van der Waals surface area contributed by atoms with Gasteiger partial charge in [0.05, 0.1) is 12.8 Å². The molecule has 1 aromatic rings. The van der Waals surface area contributed by atoms with Crippen LogP contribution < -0.4 is 10.1 Å². The van der Waals surface area contributed by atoms with Gasteiger partial charge in [-0.05, 0) is 12.1 Å². The van der Waals surface area contributed by atoms with Crippen molar-refractivity contribution in [3.05, 3.63) is 48.7 Å². The van der Waals surface area contributed by atoms with Crippen LogP contribution in [0.3, 0.4) is 0 Å². The molecule has 0 saturated carbocycles. The molecule has 0 amide bonds. The zero-order valence-electron chi connectivity index (χ0n) is 10.6. The monoisotopic (exact) mass is 258 g/mol. The first kappa shape index (κ1) is 14.3. The number of nitriles is 1. The smallest absolute Gasteiger partial charge is 0.350 e. The van der Waals surface area contributed by atoms with Gasteiger partial charge in [0.15, 0.2) is 5.57 Å². The van der Waals surface area contributed by atoms with E-state index in [2.05, 4.69) is 16.6 Å². The molecule has 1 rings (SSSR count). The molecule has 0 unspecified atom stereocenters. The molecule has 0 aromatic heterocycles. The normalized spacial score (nSPS) is 10.2. The lowest BCUT2D eigenvalue weighted by Crippen LogP contribution is -2.05. The summed E-state index contributed by atoms with van der Waals surface area (Å²) in [4.78, 5) is 11.2. The SMILES string of the molecule is C=CCOc1ccccc1N/C=C(\C#N)C(=O)OC. The summed E-state index contributed by atoms with van der Waals surface area (Å²) < 4.78 is 9.90. The van der Waals surface area contributed by atoms with Gasteiger partial charge in [-0.25, -0.2) is 4.79 Å². The Labute approximate surface area is 111 Å². The van der Waals surface area contributed by atoms with Crippen molar-refractivity contribution < 1.29 is 14.3 Å². The van der Waals surface area contributed by atoms with Gasteiger partial charge in [0.25, 0.3) is 0 Å². The first-order valence-electron chi connectivity index (χ1n) is 5.50. The van der Waals surface area contributed by atoms with Crippen LogP contribution >= 0.6 is 0 Å². The lowest BCUT2D eigenvalue weighted by Gasteiger charge is -2.09. The van der Waals surface area contributed by atoms with E-state index in [1.54, 1.807) is 30.3 Å². The molecular weight excluding hydrogens is 244 g/mol. The summed E-state index contributed by atoms with van der Waals surface area (Å²) in [6, 6.07) is 8.91. The first-order chi connectivity index (χ1) is 9.22. The number of esters is 1. The molecular formula is C14H14N2O3. The summed E-state index contributed by atoms with van der Waals surface area (Å²) in [6.45, 7) is 3.93. The Kier molecular flexibility index (Phi) is 5.70. The second-order valence-electron chi connectivity index (χ2n) is 3.40. The number of para-hydroxylation sites is 2. The van der Waals surface area contributed by atoms with Crippen molar-refractivity contribution in [3.8, 4) is 11.8 Å². The zero-order chi connectivity index (χ0) is 14.1. The molecule has 0 heterocycles. The van der Waals surface area contributed by atoms with Crippen LogP contribution in [0, 0.1) is 11.3 Å².